The molecule has 1 N–H and O–H groups in total. The van der Waals surface area contributed by atoms with Crippen molar-refractivity contribution in [3.63, 3.8) is 0 Å². The Bertz CT molecular complexity index is 535. The van der Waals surface area contributed by atoms with Crippen LogP contribution < -0.4 is 0 Å². The number of pyridine rings is 1. The van der Waals surface area contributed by atoms with Crippen LogP contribution in [-0.2, 0) is 11.3 Å². The van der Waals surface area contributed by atoms with Gasteiger partial charge in [-0.1, -0.05) is 23.2 Å². The van der Waals surface area contributed by atoms with Crippen molar-refractivity contribution >= 4 is 23.2 Å². The van der Waals surface area contributed by atoms with Gasteiger partial charge in [-0.05, 0) is 31.7 Å². The molecule has 0 unspecified atom stereocenters. The van der Waals surface area contributed by atoms with E-state index >= 15 is 0 Å². The van der Waals surface area contributed by atoms with E-state index in [9.17, 15) is 5.11 Å². The van der Waals surface area contributed by atoms with E-state index in [1.165, 1.54) is 0 Å². The molecule has 5 nitrogen and oxygen atoms in total. The summed E-state index contributed by atoms with van der Waals surface area (Å²) in [5.41, 5.74) is 0.962. The number of piperidine rings is 1. The predicted octanol–water partition coefficient (Wildman–Crippen LogP) is 2.68. The molecular formula is C18H27Cl2N3O2. The number of morpholine rings is 1. The summed E-state index contributed by atoms with van der Waals surface area (Å²) in [4.78, 5) is 9.05. The third-order valence-corrected chi connectivity index (χ3v) is 6.01. The fourth-order valence-electron chi connectivity index (χ4n) is 4.08. The maximum atomic E-state index is 9.28. The first-order chi connectivity index (χ1) is 12.2. The number of halogens is 2. The third kappa shape index (κ3) is 5.06. The summed E-state index contributed by atoms with van der Waals surface area (Å²) in [6.07, 6.45) is 6.36. The minimum atomic E-state index is 0.258. The molecule has 0 spiro atoms. The third-order valence-electron chi connectivity index (χ3n) is 5.36. The number of aliphatic hydroxyl groups excluding tert-OH is 1. The zero-order valence-electron chi connectivity index (χ0n) is 14.5. The molecule has 0 saturated carbocycles. The van der Waals surface area contributed by atoms with E-state index in [1.807, 2.05) is 0 Å². The molecule has 2 saturated heterocycles. The van der Waals surface area contributed by atoms with Crippen molar-refractivity contribution in [3.05, 3.63) is 28.0 Å². The number of ether oxygens (including phenoxy) is 1. The van der Waals surface area contributed by atoms with Crippen LogP contribution in [0.2, 0.25) is 10.0 Å². The molecule has 7 heteroatoms. The van der Waals surface area contributed by atoms with Gasteiger partial charge in [0, 0.05) is 56.8 Å². The van der Waals surface area contributed by atoms with Gasteiger partial charge in [-0.2, -0.15) is 0 Å². The number of nitrogens with zero attached hydrogens (tertiary/aromatic N) is 3. The van der Waals surface area contributed by atoms with Crippen LogP contribution >= 0.6 is 23.2 Å². The highest BCUT2D eigenvalue weighted by atomic mass is 35.5. The molecule has 140 valence electrons. The second-order valence-corrected chi connectivity index (χ2v) is 7.76. The second-order valence-electron chi connectivity index (χ2n) is 6.95. The van der Waals surface area contributed by atoms with E-state index in [0.717, 1.165) is 70.8 Å². The molecule has 0 aliphatic carbocycles. The largest absolute Gasteiger partial charge is 0.396 e. The normalized spacial score (nSPS) is 26.0. The number of hydrogen-bond acceptors (Lipinski definition) is 5. The highest BCUT2D eigenvalue weighted by molar-refractivity contribution is 6.35. The summed E-state index contributed by atoms with van der Waals surface area (Å²) in [6, 6.07) is 0.579. The van der Waals surface area contributed by atoms with Gasteiger partial charge in [0.2, 0.25) is 0 Å². The maximum Gasteiger partial charge on any atom is 0.0649 e. The van der Waals surface area contributed by atoms with Gasteiger partial charge in [0.15, 0.2) is 0 Å². The van der Waals surface area contributed by atoms with Crippen molar-refractivity contribution in [2.45, 2.75) is 31.8 Å². The van der Waals surface area contributed by atoms with Gasteiger partial charge in [-0.3, -0.25) is 14.8 Å². The fraction of sp³-hybridized carbons (Fsp3) is 0.722. The number of hydrogen-bond donors (Lipinski definition) is 1. The first-order valence-electron chi connectivity index (χ1n) is 9.12. The molecule has 1 aromatic heterocycles. The summed E-state index contributed by atoms with van der Waals surface area (Å²) in [7, 11) is 0. The van der Waals surface area contributed by atoms with Crippen LogP contribution in [0.25, 0.3) is 0 Å². The lowest BCUT2D eigenvalue weighted by molar-refractivity contribution is -0.0231. The highest BCUT2D eigenvalue weighted by Gasteiger charge is 2.33. The Kier molecular flexibility index (Phi) is 7.34. The number of likely N-dealkylation sites (tertiary alicyclic amines) is 1. The van der Waals surface area contributed by atoms with E-state index in [-0.39, 0.29) is 6.61 Å². The van der Waals surface area contributed by atoms with Crippen molar-refractivity contribution < 1.29 is 9.84 Å². The minimum absolute atomic E-state index is 0.258. The second kappa shape index (κ2) is 9.49. The molecule has 3 rings (SSSR count). The molecule has 3 heterocycles. The zero-order chi connectivity index (χ0) is 17.6. The summed E-state index contributed by atoms with van der Waals surface area (Å²) in [5, 5.41) is 10.5. The minimum Gasteiger partial charge on any atom is -0.396 e. The first-order valence-corrected chi connectivity index (χ1v) is 9.87. The molecule has 1 aromatic rings. The Morgan fingerprint density at radius 2 is 1.88 bits per heavy atom. The Morgan fingerprint density at radius 3 is 2.56 bits per heavy atom. The lowest BCUT2D eigenvalue weighted by atomic mass is 9.86. The van der Waals surface area contributed by atoms with E-state index in [1.54, 1.807) is 12.4 Å². The highest BCUT2D eigenvalue weighted by Crippen LogP contribution is 2.30. The van der Waals surface area contributed by atoms with Crippen molar-refractivity contribution in [1.82, 2.24) is 14.8 Å². The van der Waals surface area contributed by atoms with E-state index in [2.05, 4.69) is 14.8 Å². The number of aliphatic hydroxyl groups is 1. The van der Waals surface area contributed by atoms with Gasteiger partial charge < -0.3 is 9.84 Å². The molecule has 25 heavy (non-hydrogen) atoms. The molecular weight excluding hydrogens is 361 g/mol. The Labute approximate surface area is 159 Å². The van der Waals surface area contributed by atoms with Crippen LogP contribution in [0.1, 0.15) is 24.8 Å². The summed E-state index contributed by atoms with van der Waals surface area (Å²) in [5.74, 6) is 0.554. The average Bonchev–Trinajstić information content (AvgIpc) is 2.64. The fourth-order valence-corrected chi connectivity index (χ4v) is 4.56. The molecule has 0 aromatic carbocycles. The summed E-state index contributed by atoms with van der Waals surface area (Å²) < 4.78 is 5.51. The lowest BCUT2D eigenvalue weighted by Crippen LogP contribution is -2.53. The Balaban J connectivity index is 1.66. The van der Waals surface area contributed by atoms with Gasteiger partial charge >= 0.3 is 0 Å². The van der Waals surface area contributed by atoms with Crippen molar-refractivity contribution in [3.8, 4) is 0 Å². The van der Waals surface area contributed by atoms with Crippen LogP contribution in [-0.4, -0.2) is 71.9 Å². The standard InChI is InChI=1S/C18H27Cl2N3O2/c19-16-10-21-11-17(20)15(16)13-22-4-3-18(14(12-22)2-1-7-24)23-5-8-25-9-6-23/h10-11,14,18,24H,1-9,12-13H2/t14-,18+/m1/s1. The molecule has 2 aliphatic heterocycles. The van der Waals surface area contributed by atoms with Crippen LogP contribution in [0.4, 0.5) is 0 Å². The molecule has 0 radical (unpaired) electrons. The van der Waals surface area contributed by atoms with Crippen LogP contribution in [0.15, 0.2) is 12.4 Å². The van der Waals surface area contributed by atoms with Crippen LogP contribution in [0, 0.1) is 5.92 Å². The maximum absolute atomic E-state index is 9.28. The molecule has 0 bridgehead atoms. The monoisotopic (exact) mass is 387 g/mol. The first kappa shape index (κ1) is 19.3. The van der Waals surface area contributed by atoms with Gasteiger partial charge in [-0.15, -0.1) is 0 Å². The Morgan fingerprint density at radius 1 is 1.16 bits per heavy atom. The van der Waals surface area contributed by atoms with Gasteiger partial charge in [0.05, 0.1) is 23.3 Å². The van der Waals surface area contributed by atoms with E-state index in [4.69, 9.17) is 27.9 Å². The quantitative estimate of drug-likeness (QED) is 0.812. The van der Waals surface area contributed by atoms with Gasteiger partial charge in [-0.25, -0.2) is 0 Å². The SMILES string of the molecule is OCCC[C@@H]1CN(Cc2c(Cl)cncc2Cl)CC[C@@H]1N1CCOCC1. The number of rotatable bonds is 6. The van der Waals surface area contributed by atoms with Crippen molar-refractivity contribution in [1.29, 1.82) is 0 Å². The van der Waals surface area contributed by atoms with Crippen LogP contribution in [0.3, 0.4) is 0 Å². The van der Waals surface area contributed by atoms with Gasteiger partial charge in [0.1, 0.15) is 0 Å². The summed E-state index contributed by atoms with van der Waals surface area (Å²) in [6.45, 7) is 6.75. The zero-order valence-corrected chi connectivity index (χ0v) is 16.1. The smallest absolute Gasteiger partial charge is 0.0649 e. The molecule has 2 fully saturated rings. The molecule has 2 atom stereocenters. The number of aromatic nitrogens is 1. The van der Waals surface area contributed by atoms with E-state index in [0.29, 0.717) is 22.0 Å². The lowest BCUT2D eigenvalue weighted by Gasteiger charge is -2.45. The predicted molar refractivity (Wildman–Crippen MR) is 100 cm³/mol. The van der Waals surface area contributed by atoms with Crippen molar-refractivity contribution in [2.24, 2.45) is 5.92 Å². The molecule has 2 aliphatic rings. The van der Waals surface area contributed by atoms with Crippen molar-refractivity contribution in [2.75, 3.05) is 46.0 Å². The van der Waals surface area contributed by atoms with Gasteiger partial charge in [0.25, 0.3) is 0 Å². The topological polar surface area (TPSA) is 48.8 Å². The average molecular weight is 388 g/mol. The molecule has 0 amide bonds. The summed E-state index contributed by atoms with van der Waals surface area (Å²) >= 11 is 12.6. The van der Waals surface area contributed by atoms with E-state index < -0.39 is 0 Å². The Hall–Kier alpha value is -0.430. The van der Waals surface area contributed by atoms with Crippen LogP contribution in [0.5, 0.6) is 0 Å².